The second-order valence-corrected chi connectivity index (χ2v) is 5.01. The summed E-state index contributed by atoms with van der Waals surface area (Å²) in [5.41, 5.74) is 6.06. The maximum atomic E-state index is 6.06. The van der Waals surface area contributed by atoms with Crippen molar-refractivity contribution in [3.05, 3.63) is 0 Å². The van der Waals surface area contributed by atoms with Gasteiger partial charge in [-0.05, 0) is 39.5 Å². The summed E-state index contributed by atoms with van der Waals surface area (Å²) in [5, 5.41) is 0. The molecule has 0 aliphatic carbocycles. The second kappa shape index (κ2) is 6.29. The standard InChI is InChI=1S/C11H22N2.2ClH/c1-8(2)13-10-4-3-5-11(13)7-9(12)6-10;;/h8-11H,3-7,12H2,1-2H3;2*1H/t9?,10-,11+;;. The average molecular weight is 255 g/mol. The highest BCUT2D eigenvalue weighted by atomic mass is 35.5. The van der Waals surface area contributed by atoms with Crippen LogP contribution in [-0.2, 0) is 0 Å². The lowest BCUT2D eigenvalue weighted by atomic mass is 9.81. The Kier molecular flexibility index (Phi) is 6.50. The lowest BCUT2D eigenvalue weighted by Crippen LogP contribution is -2.57. The summed E-state index contributed by atoms with van der Waals surface area (Å²) < 4.78 is 0. The van der Waals surface area contributed by atoms with Crippen molar-refractivity contribution >= 4 is 24.8 Å². The van der Waals surface area contributed by atoms with Crippen molar-refractivity contribution < 1.29 is 0 Å². The largest absolute Gasteiger partial charge is 0.328 e. The van der Waals surface area contributed by atoms with Gasteiger partial charge in [-0.25, -0.2) is 0 Å². The third-order valence-electron chi connectivity index (χ3n) is 3.66. The van der Waals surface area contributed by atoms with E-state index >= 15 is 0 Å². The Labute approximate surface area is 106 Å². The molecule has 4 heteroatoms. The minimum absolute atomic E-state index is 0. The van der Waals surface area contributed by atoms with E-state index in [0.717, 1.165) is 12.1 Å². The van der Waals surface area contributed by atoms with Gasteiger partial charge in [0.15, 0.2) is 0 Å². The highest BCUT2D eigenvalue weighted by Gasteiger charge is 2.37. The molecule has 2 saturated heterocycles. The minimum atomic E-state index is 0. The highest BCUT2D eigenvalue weighted by molar-refractivity contribution is 5.85. The minimum Gasteiger partial charge on any atom is -0.328 e. The molecular formula is C11H24Cl2N2. The molecular weight excluding hydrogens is 231 g/mol. The van der Waals surface area contributed by atoms with Crippen LogP contribution in [-0.4, -0.2) is 29.1 Å². The predicted octanol–water partition coefficient (Wildman–Crippen LogP) is 2.58. The van der Waals surface area contributed by atoms with Crippen molar-refractivity contribution in [2.24, 2.45) is 5.73 Å². The van der Waals surface area contributed by atoms with Crippen molar-refractivity contribution in [3.8, 4) is 0 Å². The van der Waals surface area contributed by atoms with Crippen LogP contribution in [0.3, 0.4) is 0 Å². The van der Waals surface area contributed by atoms with Crippen molar-refractivity contribution in [1.29, 1.82) is 0 Å². The molecule has 92 valence electrons. The second-order valence-electron chi connectivity index (χ2n) is 5.01. The van der Waals surface area contributed by atoms with Gasteiger partial charge in [0.1, 0.15) is 0 Å². The molecule has 2 aliphatic heterocycles. The van der Waals surface area contributed by atoms with Crippen molar-refractivity contribution in [1.82, 2.24) is 4.90 Å². The summed E-state index contributed by atoms with van der Waals surface area (Å²) >= 11 is 0. The molecule has 2 nitrogen and oxygen atoms in total. The summed E-state index contributed by atoms with van der Waals surface area (Å²) in [6, 6.07) is 2.78. The SMILES string of the molecule is CC(C)N1[C@@H]2CCC[C@H]1CC(N)C2.Cl.Cl. The molecule has 2 bridgehead atoms. The van der Waals surface area contributed by atoms with Crippen LogP contribution in [0.25, 0.3) is 0 Å². The van der Waals surface area contributed by atoms with E-state index in [4.69, 9.17) is 5.73 Å². The molecule has 2 fully saturated rings. The maximum absolute atomic E-state index is 6.06. The normalized spacial score (nSPS) is 35.6. The first kappa shape index (κ1) is 15.5. The smallest absolute Gasteiger partial charge is 0.0116 e. The molecule has 2 N–H and O–H groups in total. The van der Waals surface area contributed by atoms with Crippen LogP contribution in [0.15, 0.2) is 0 Å². The first-order chi connectivity index (χ1) is 6.18. The first-order valence-corrected chi connectivity index (χ1v) is 5.71. The van der Waals surface area contributed by atoms with Crippen LogP contribution in [0.1, 0.15) is 46.0 Å². The number of halogens is 2. The van der Waals surface area contributed by atoms with Gasteiger partial charge in [-0.3, -0.25) is 4.90 Å². The molecule has 0 radical (unpaired) electrons. The van der Waals surface area contributed by atoms with E-state index in [1.165, 1.54) is 32.1 Å². The van der Waals surface area contributed by atoms with Gasteiger partial charge >= 0.3 is 0 Å². The summed E-state index contributed by atoms with van der Waals surface area (Å²) in [6.45, 7) is 4.64. The van der Waals surface area contributed by atoms with Crippen molar-refractivity contribution in [3.63, 3.8) is 0 Å². The third kappa shape index (κ3) is 3.23. The van der Waals surface area contributed by atoms with Gasteiger partial charge in [0.05, 0.1) is 0 Å². The van der Waals surface area contributed by atoms with E-state index in [-0.39, 0.29) is 24.8 Å². The zero-order chi connectivity index (χ0) is 9.42. The number of nitrogens with zero attached hydrogens (tertiary/aromatic N) is 1. The molecule has 0 aromatic heterocycles. The van der Waals surface area contributed by atoms with Crippen molar-refractivity contribution in [2.45, 2.75) is 70.1 Å². The average Bonchev–Trinajstić information content (AvgIpc) is 2.01. The van der Waals surface area contributed by atoms with Gasteiger partial charge in [-0.15, -0.1) is 24.8 Å². The number of hydrogen-bond acceptors (Lipinski definition) is 2. The predicted molar refractivity (Wildman–Crippen MR) is 70.1 cm³/mol. The fourth-order valence-corrected chi connectivity index (χ4v) is 3.30. The summed E-state index contributed by atoms with van der Waals surface area (Å²) in [5.74, 6) is 0. The molecule has 0 aromatic carbocycles. The first-order valence-electron chi connectivity index (χ1n) is 5.71. The van der Waals surface area contributed by atoms with Crippen LogP contribution < -0.4 is 5.73 Å². The summed E-state index contributed by atoms with van der Waals surface area (Å²) in [6.07, 6.45) is 6.64. The number of nitrogens with two attached hydrogens (primary N) is 1. The summed E-state index contributed by atoms with van der Waals surface area (Å²) in [4.78, 5) is 2.72. The molecule has 15 heavy (non-hydrogen) atoms. The Balaban J connectivity index is 0.000000980. The number of fused-ring (bicyclic) bond motifs is 2. The number of rotatable bonds is 1. The van der Waals surface area contributed by atoms with Crippen LogP contribution in [0.5, 0.6) is 0 Å². The summed E-state index contributed by atoms with van der Waals surface area (Å²) in [7, 11) is 0. The third-order valence-corrected chi connectivity index (χ3v) is 3.66. The van der Waals surface area contributed by atoms with Crippen LogP contribution >= 0.6 is 24.8 Å². The van der Waals surface area contributed by atoms with Gasteiger partial charge in [-0.2, -0.15) is 0 Å². The molecule has 3 atom stereocenters. The Hall–Kier alpha value is 0.500. The molecule has 0 saturated carbocycles. The van der Waals surface area contributed by atoms with Gasteiger partial charge in [0.25, 0.3) is 0 Å². The van der Waals surface area contributed by atoms with E-state index < -0.39 is 0 Å². The van der Waals surface area contributed by atoms with Gasteiger partial charge in [0.2, 0.25) is 0 Å². The monoisotopic (exact) mass is 254 g/mol. The van der Waals surface area contributed by atoms with Gasteiger partial charge in [-0.1, -0.05) is 6.42 Å². The lowest BCUT2D eigenvalue weighted by molar-refractivity contribution is 0.00622. The fourth-order valence-electron chi connectivity index (χ4n) is 3.30. The lowest BCUT2D eigenvalue weighted by Gasteiger charge is -2.50. The molecule has 1 unspecified atom stereocenters. The molecule has 0 aromatic rings. The van der Waals surface area contributed by atoms with E-state index in [9.17, 15) is 0 Å². The van der Waals surface area contributed by atoms with Gasteiger partial charge < -0.3 is 5.73 Å². The number of piperidine rings is 2. The zero-order valence-corrected chi connectivity index (χ0v) is 11.3. The van der Waals surface area contributed by atoms with E-state index in [0.29, 0.717) is 12.1 Å². The quantitative estimate of drug-likeness (QED) is 0.780. The Morgan fingerprint density at radius 3 is 1.93 bits per heavy atom. The van der Waals surface area contributed by atoms with Crippen LogP contribution in [0, 0.1) is 0 Å². The van der Waals surface area contributed by atoms with Crippen molar-refractivity contribution in [2.75, 3.05) is 0 Å². The topological polar surface area (TPSA) is 29.3 Å². The van der Waals surface area contributed by atoms with Gasteiger partial charge in [0, 0.05) is 24.2 Å². The fraction of sp³-hybridized carbons (Fsp3) is 1.00. The molecule has 0 spiro atoms. The van der Waals surface area contributed by atoms with E-state index in [2.05, 4.69) is 18.7 Å². The molecule has 2 aliphatic rings. The highest BCUT2D eigenvalue weighted by Crippen LogP contribution is 2.34. The molecule has 2 heterocycles. The Bertz CT molecular complexity index is 173. The Morgan fingerprint density at radius 2 is 1.53 bits per heavy atom. The molecule has 0 amide bonds. The van der Waals surface area contributed by atoms with E-state index in [1.807, 2.05) is 0 Å². The molecule has 2 rings (SSSR count). The number of hydrogen-bond donors (Lipinski definition) is 1. The maximum Gasteiger partial charge on any atom is 0.0116 e. The Morgan fingerprint density at radius 1 is 1.07 bits per heavy atom. The zero-order valence-electron chi connectivity index (χ0n) is 9.69. The van der Waals surface area contributed by atoms with E-state index in [1.54, 1.807) is 0 Å². The van der Waals surface area contributed by atoms with Crippen LogP contribution in [0.2, 0.25) is 0 Å². The van der Waals surface area contributed by atoms with Crippen LogP contribution in [0.4, 0.5) is 0 Å².